The highest BCUT2D eigenvalue weighted by Crippen LogP contribution is 2.28. The van der Waals surface area contributed by atoms with Crippen LogP contribution < -0.4 is 10.1 Å². The van der Waals surface area contributed by atoms with Gasteiger partial charge in [0.15, 0.2) is 0 Å². The van der Waals surface area contributed by atoms with Crippen LogP contribution in [0.25, 0.3) is 11.3 Å². The summed E-state index contributed by atoms with van der Waals surface area (Å²) in [5.74, 6) is 1.84. The Morgan fingerprint density at radius 2 is 2.17 bits per heavy atom. The zero-order valence-electron chi connectivity index (χ0n) is 10.7. The second-order valence-electron chi connectivity index (χ2n) is 4.77. The fraction of sp³-hybridized carbons (Fsp3) is 0.357. The number of nitrogens with zero attached hydrogens (tertiary/aromatic N) is 1. The summed E-state index contributed by atoms with van der Waals surface area (Å²) in [7, 11) is 1.69. The Morgan fingerprint density at radius 1 is 1.33 bits per heavy atom. The number of hydrogen-bond acceptors (Lipinski definition) is 3. The summed E-state index contributed by atoms with van der Waals surface area (Å²) in [5.41, 5.74) is 3.29. The smallest absolute Gasteiger partial charge is 0.148 e. The lowest BCUT2D eigenvalue weighted by Gasteiger charge is -2.05. The molecule has 1 fully saturated rings. The van der Waals surface area contributed by atoms with Gasteiger partial charge in [-0.25, -0.2) is 0 Å². The monoisotopic (exact) mass is 243 g/mol. The van der Waals surface area contributed by atoms with Crippen molar-refractivity contribution in [2.45, 2.75) is 25.8 Å². The molecule has 3 rings (SSSR count). The number of aryl methyl sites for hydroxylation is 1. The quantitative estimate of drug-likeness (QED) is 0.868. The van der Waals surface area contributed by atoms with Gasteiger partial charge in [0.2, 0.25) is 0 Å². The Bertz CT molecular complexity index is 558. The number of nitrogens with one attached hydrogen (secondary N) is 2. The van der Waals surface area contributed by atoms with Gasteiger partial charge in [-0.2, -0.15) is 5.10 Å². The number of hydrogen-bond donors (Lipinski definition) is 2. The molecule has 0 amide bonds. The summed E-state index contributed by atoms with van der Waals surface area (Å²) in [5, 5.41) is 10.7. The molecule has 0 saturated heterocycles. The number of aromatic nitrogens is 2. The van der Waals surface area contributed by atoms with Crippen LogP contribution in [0.2, 0.25) is 0 Å². The van der Waals surface area contributed by atoms with E-state index in [0.717, 1.165) is 28.4 Å². The predicted octanol–water partition coefficient (Wildman–Crippen LogP) is 2.97. The van der Waals surface area contributed by atoms with Gasteiger partial charge in [-0.15, -0.1) is 0 Å². The van der Waals surface area contributed by atoms with Crippen molar-refractivity contribution >= 4 is 5.82 Å². The van der Waals surface area contributed by atoms with E-state index in [1.807, 2.05) is 19.1 Å². The van der Waals surface area contributed by atoms with E-state index in [-0.39, 0.29) is 0 Å². The first-order valence-corrected chi connectivity index (χ1v) is 6.23. The molecule has 1 aliphatic carbocycles. The van der Waals surface area contributed by atoms with Gasteiger partial charge in [-0.05, 0) is 43.5 Å². The fourth-order valence-corrected chi connectivity index (χ4v) is 2.03. The first-order chi connectivity index (χ1) is 8.76. The van der Waals surface area contributed by atoms with Gasteiger partial charge >= 0.3 is 0 Å². The lowest BCUT2D eigenvalue weighted by molar-refractivity contribution is 0.412. The number of methoxy groups -OCH3 is 1. The zero-order valence-corrected chi connectivity index (χ0v) is 10.7. The second kappa shape index (κ2) is 4.37. The van der Waals surface area contributed by atoms with E-state index in [2.05, 4.69) is 27.6 Å². The Kier molecular flexibility index (Phi) is 2.70. The third kappa shape index (κ3) is 2.18. The molecule has 0 bridgehead atoms. The minimum atomic E-state index is 0.624. The van der Waals surface area contributed by atoms with Crippen molar-refractivity contribution in [2.24, 2.45) is 0 Å². The number of benzene rings is 1. The largest absolute Gasteiger partial charge is 0.496 e. The molecule has 18 heavy (non-hydrogen) atoms. The molecule has 0 radical (unpaired) electrons. The molecule has 1 aromatic heterocycles. The average molecular weight is 243 g/mol. The maximum absolute atomic E-state index is 5.26. The van der Waals surface area contributed by atoms with Gasteiger partial charge in [0.1, 0.15) is 11.6 Å². The molecular formula is C14H17N3O. The molecule has 4 heteroatoms. The van der Waals surface area contributed by atoms with Gasteiger partial charge in [-0.1, -0.05) is 0 Å². The van der Waals surface area contributed by atoms with Gasteiger partial charge in [0.05, 0.1) is 12.8 Å². The van der Waals surface area contributed by atoms with Crippen LogP contribution in [0, 0.1) is 6.92 Å². The molecule has 0 atom stereocenters. The number of aromatic amines is 1. The van der Waals surface area contributed by atoms with Crippen molar-refractivity contribution in [1.29, 1.82) is 0 Å². The fourth-order valence-electron chi connectivity index (χ4n) is 2.03. The van der Waals surface area contributed by atoms with E-state index >= 15 is 0 Å². The van der Waals surface area contributed by atoms with Crippen molar-refractivity contribution in [1.82, 2.24) is 10.2 Å². The van der Waals surface area contributed by atoms with E-state index in [9.17, 15) is 0 Å². The van der Waals surface area contributed by atoms with Crippen LogP contribution >= 0.6 is 0 Å². The molecule has 0 aliphatic heterocycles. The van der Waals surface area contributed by atoms with Crippen molar-refractivity contribution in [3.8, 4) is 17.0 Å². The highest BCUT2D eigenvalue weighted by molar-refractivity contribution is 5.65. The molecule has 2 aromatic rings. The van der Waals surface area contributed by atoms with Crippen molar-refractivity contribution in [3.05, 3.63) is 29.8 Å². The lowest BCUT2D eigenvalue weighted by Crippen LogP contribution is -2.00. The minimum Gasteiger partial charge on any atom is -0.496 e. The molecule has 0 spiro atoms. The first-order valence-electron chi connectivity index (χ1n) is 6.23. The van der Waals surface area contributed by atoms with E-state index in [4.69, 9.17) is 4.74 Å². The van der Waals surface area contributed by atoms with Gasteiger partial charge in [-0.3, -0.25) is 5.10 Å². The number of rotatable bonds is 4. The summed E-state index contributed by atoms with van der Waals surface area (Å²) in [6.45, 7) is 2.04. The normalized spacial score (nSPS) is 14.6. The third-order valence-corrected chi connectivity index (χ3v) is 3.21. The molecule has 1 aliphatic rings. The topological polar surface area (TPSA) is 49.9 Å². The Balaban J connectivity index is 1.84. The molecular weight excluding hydrogens is 226 g/mol. The van der Waals surface area contributed by atoms with Crippen molar-refractivity contribution in [3.63, 3.8) is 0 Å². The maximum Gasteiger partial charge on any atom is 0.148 e. The first kappa shape index (κ1) is 11.1. The second-order valence-corrected chi connectivity index (χ2v) is 4.77. The van der Waals surface area contributed by atoms with Gasteiger partial charge in [0.25, 0.3) is 0 Å². The third-order valence-electron chi connectivity index (χ3n) is 3.21. The van der Waals surface area contributed by atoms with Crippen LogP contribution in [0.4, 0.5) is 5.82 Å². The van der Waals surface area contributed by atoms with Crippen LogP contribution in [0.3, 0.4) is 0 Å². The van der Waals surface area contributed by atoms with E-state index in [1.54, 1.807) is 7.11 Å². The maximum atomic E-state index is 5.26. The Morgan fingerprint density at radius 3 is 2.83 bits per heavy atom. The van der Waals surface area contributed by atoms with Crippen LogP contribution in [0.15, 0.2) is 24.3 Å². The van der Waals surface area contributed by atoms with Crippen LogP contribution in [0.1, 0.15) is 18.4 Å². The molecule has 2 N–H and O–H groups in total. The summed E-state index contributed by atoms with van der Waals surface area (Å²) < 4.78 is 5.26. The zero-order chi connectivity index (χ0) is 12.5. The Labute approximate surface area is 106 Å². The number of H-pyrrole nitrogens is 1. The molecule has 1 aromatic carbocycles. The summed E-state index contributed by atoms with van der Waals surface area (Å²) >= 11 is 0. The highest BCUT2D eigenvalue weighted by atomic mass is 16.5. The molecule has 94 valence electrons. The van der Waals surface area contributed by atoms with Gasteiger partial charge in [0, 0.05) is 17.7 Å². The predicted molar refractivity (Wildman–Crippen MR) is 72.0 cm³/mol. The molecule has 4 nitrogen and oxygen atoms in total. The summed E-state index contributed by atoms with van der Waals surface area (Å²) in [6.07, 6.45) is 2.51. The van der Waals surface area contributed by atoms with Crippen LogP contribution in [-0.4, -0.2) is 23.3 Å². The standard InChI is InChI=1S/C14H17N3O/c1-9-7-10(3-6-13(9)18-2)12-8-14(17-16-12)15-11-4-5-11/h3,6-8,11H,4-5H2,1-2H3,(H2,15,16,17). The SMILES string of the molecule is COc1ccc(-c2cc(NC3CC3)n[nH]2)cc1C. The lowest BCUT2D eigenvalue weighted by atomic mass is 10.1. The van der Waals surface area contributed by atoms with Crippen molar-refractivity contribution < 1.29 is 4.74 Å². The average Bonchev–Trinajstić information content (AvgIpc) is 3.05. The number of anilines is 1. The van der Waals surface area contributed by atoms with Crippen LogP contribution in [0.5, 0.6) is 5.75 Å². The highest BCUT2D eigenvalue weighted by Gasteiger charge is 2.21. The van der Waals surface area contributed by atoms with Crippen molar-refractivity contribution in [2.75, 3.05) is 12.4 Å². The summed E-state index contributed by atoms with van der Waals surface area (Å²) in [4.78, 5) is 0. The minimum absolute atomic E-state index is 0.624. The molecule has 1 saturated carbocycles. The van der Waals surface area contributed by atoms with Crippen LogP contribution in [-0.2, 0) is 0 Å². The van der Waals surface area contributed by atoms with E-state index in [0.29, 0.717) is 6.04 Å². The van der Waals surface area contributed by atoms with Gasteiger partial charge < -0.3 is 10.1 Å². The van der Waals surface area contributed by atoms with E-state index < -0.39 is 0 Å². The molecule has 0 unspecified atom stereocenters. The Hall–Kier alpha value is -1.97. The molecule has 1 heterocycles. The van der Waals surface area contributed by atoms with E-state index in [1.165, 1.54) is 12.8 Å². The number of ether oxygens (including phenoxy) is 1. The summed E-state index contributed by atoms with van der Waals surface area (Å²) in [6, 6.07) is 8.81.